The predicted molar refractivity (Wildman–Crippen MR) is 108 cm³/mol. The number of hydrogen-bond donors (Lipinski definition) is 5. The van der Waals surface area contributed by atoms with Gasteiger partial charge >= 0.3 is 6.09 Å². The predicted octanol–water partition coefficient (Wildman–Crippen LogP) is 0.985. The number of hydrazine groups is 1. The third-order valence-corrected chi connectivity index (χ3v) is 3.36. The number of anilines is 1. The summed E-state index contributed by atoms with van der Waals surface area (Å²) in [6, 6.07) is 4.55. The molecule has 0 unspecified atom stereocenters. The Labute approximate surface area is 168 Å². The second kappa shape index (κ2) is 10.7. The second-order valence-electron chi connectivity index (χ2n) is 7.07. The number of aliphatic imine (C=N–C) groups is 1. The first-order valence-corrected chi connectivity index (χ1v) is 8.83. The van der Waals surface area contributed by atoms with Gasteiger partial charge in [0.25, 0.3) is 11.6 Å². The maximum absolute atomic E-state index is 12.5. The molecule has 0 heterocycles. The van der Waals surface area contributed by atoms with Crippen LogP contribution in [0.2, 0.25) is 0 Å². The van der Waals surface area contributed by atoms with E-state index in [1.807, 2.05) is 0 Å². The summed E-state index contributed by atoms with van der Waals surface area (Å²) in [5, 5.41) is 13.2. The largest absolute Gasteiger partial charge is 0.444 e. The molecule has 7 N–H and O–H groups in total. The van der Waals surface area contributed by atoms with Crippen LogP contribution in [0.1, 0.15) is 33.6 Å². The third-order valence-electron chi connectivity index (χ3n) is 3.36. The highest BCUT2D eigenvalue weighted by Crippen LogP contribution is 2.14. The smallest absolute Gasteiger partial charge is 0.408 e. The fourth-order valence-electron chi connectivity index (χ4n) is 2.11. The molecule has 0 saturated carbocycles. The van der Waals surface area contributed by atoms with E-state index in [1.165, 1.54) is 24.3 Å². The summed E-state index contributed by atoms with van der Waals surface area (Å²) in [5.41, 5.74) is 15.3. The van der Waals surface area contributed by atoms with Gasteiger partial charge < -0.3 is 21.5 Å². The number of nitro benzene ring substituents is 1. The van der Waals surface area contributed by atoms with Crippen molar-refractivity contribution in [3.63, 3.8) is 0 Å². The van der Waals surface area contributed by atoms with Crippen molar-refractivity contribution in [2.75, 3.05) is 12.0 Å². The van der Waals surface area contributed by atoms with Gasteiger partial charge in [-0.25, -0.2) is 4.79 Å². The molecule has 0 radical (unpaired) electrons. The molecule has 0 bridgehead atoms. The van der Waals surface area contributed by atoms with Crippen LogP contribution in [0.25, 0.3) is 0 Å². The molecule has 0 spiro atoms. The molecule has 0 aliphatic heterocycles. The zero-order valence-electron chi connectivity index (χ0n) is 16.6. The van der Waals surface area contributed by atoms with Crippen molar-refractivity contribution in [1.82, 2.24) is 10.7 Å². The first kappa shape index (κ1) is 23.5. The lowest BCUT2D eigenvalue weighted by atomic mass is 10.1. The number of nitrogens with two attached hydrogens (primary N) is 2. The number of carbonyl (C=O) groups is 2. The normalized spacial score (nSPS) is 11.7. The van der Waals surface area contributed by atoms with Gasteiger partial charge in [0.1, 0.15) is 11.6 Å². The van der Waals surface area contributed by atoms with E-state index in [0.29, 0.717) is 12.1 Å². The van der Waals surface area contributed by atoms with Crippen LogP contribution in [-0.4, -0.2) is 41.1 Å². The molecule has 29 heavy (non-hydrogen) atoms. The lowest BCUT2D eigenvalue weighted by Crippen LogP contribution is -2.49. The summed E-state index contributed by atoms with van der Waals surface area (Å²) >= 11 is 0. The van der Waals surface area contributed by atoms with Crippen molar-refractivity contribution in [3.8, 4) is 0 Å². The van der Waals surface area contributed by atoms with Gasteiger partial charge in [-0.3, -0.25) is 30.8 Å². The number of rotatable bonds is 9. The Kier molecular flexibility index (Phi) is 8.65. The number of non-ortho nitro benzene ring substituents is 1. The van der Waals surface area contributed by atoms with E-state index in [2.05, 4.69) is 21.2 Å². The van der Waals surface area contributed by atoms with E-state index < -0.39 is 28.6 Å². The number of benzene rings is 1. The fraction of sp³-hybridized carbons (Fsp3) is 0.471. The standard InChI is InChI=1S/C17H27N7O5/c1-17(2,3)29-16(26)21-13(5-4-10-20-15(18)19)14(25)23-22-11-6-8-12(9-7-11)24(27)28/h6-9,13,22H,4-5,10H2,1-3H3,(H,21,26)(H,23,25)(H4,18,19,20)/t13-/m0/s1. The van der Waals surface area contributed by atoms with Gasteiger partial charge in [0.05, 0.1) is 10.6 Å². The average molecular weight is 409 g/mol. The number of ether oxygens (including phenoxy) is 1. The molecule has 1 atom stereocenters. The molecule has 1 aromatic carbocycles. The molecule has 160 valence electrons. The summed E-state index contributed by atoms with van der Waals surface area (Å²) in [4.78, 5) is 38.5. The maximum Gasteiger partial charge on any atom is 0.408 e. The molecule has 12 nitrogen and oxygen atoms in total. The Hall–Kier alpha value is -3.57. The SMILES string of the molecule is CC(C)(C)OC(=O)N[C@@H](CCCN=C(N)N)C(=O)NNc1ccc([N+](=O)[O-])cc1. The van der Waals surface area contributed by atoms with Gasteiger partial charge in [-0.2, -0.15) is 0 Å². The van der Waals surface area contributed by atoms with Gasteiger partial charge in [-0.15, -0.1) is 0 Å². The van der Waals surface area contributed by atoms with E-state index in [-0.39, 0.29) is 24.6 Å². The average Bonchev–Trinajstić information content (AvgIpc) is 2.60. The third kappa shape index (κ3) is 9.79. The summed E-state index contributed by atoms with van der Waals surface area (Å²) in [7, 11) is 0. The Morgan fingerprint density at radius 1 is 1.24 bits per heavy atom. The number of nitrogens with zero attached hydrogens (tertiary/aromatic N) is 2. The monoisotopic (exact) mass is 409 g/mol. The minimum absolute atomic E-state index is 0.0639. The molecular weight excluding hydrogens is 382 g/mol. The molecule has 0 fully saturated rings. The molecule has 0 aliphatic carbocycles. The van der Waals surface area contributed by atoms with Gasteiger partial charge in [0.15, 0.2) is 5.96 Å². The Morgan fingerprint density at radius 3 is 2.38 bits per heavy atom. The van der Waals surface area contributed by atoms with Crippen LogP contribution in [0.4, 0.5) is 16.2 Å². The summed E-state index contributed by atoms with van der Waals surface area (Å²) in [5.74, 6) is -0.593. The minimum Gasteiger partial charge on any atom is -0.444 e. The van der Waals surface area contributed by atoms with Crippen LogP contribution >= 0.6 is 0 Å². The van der Waals surface area contributed by atoms with Crippen LogP contribution in [-0.2, 0) is 9.53 Å². The number of nitrogens with one attached hydrogen (secondary N) is 3. The molecule has 2 amide bonds. The van der Waals surface area contributed by atoms with Gasteiger partial charge in [0, 0.05) is 18.7 Å². The second-order valence-corrected chi connectivity index (χ2v) is 7.07. The number of hydrogen-bond acceptors (Lipinski definition) is 7. The van der Waals surface area contributed by atoms with Gasteiger partial charge in [-0.05, 0) is 45.7 Å². The van der Waals surface area contributed by atoms with Crippen molar-refractivity contribution in [1.29, 1.82) is 0 Å². The van der Waals surface area contributed by atoms with Gasteiger partial charge in [0.2, 0.25) is 0 Å². The van der Waals surface area contributed by atoms with Crippen LogP contribution in [0, 0.1) is 10.1 Å². The van der Waals surface area contributed by atoms with Crippen molar-refractivity contribution in [2.45, 2.75) is 45.3 Å². The zero-order valence-corrected chi connectivity index (χ0v) is 16.6. The van der Waals surface area contributed by atoms with Crippen molar-refractivity contribution < 1.29 is 19.2 Å². The minimum atomic E-state index is -0.912. The Bertz CT molecular complexity index is 740. The van der Waals surface area contributed by atoms with Crippen LogP contribution < -0.4 is 27.6 Å². The fourth-order valence-corrected chi connectivity index (χ4v) is 2.11. The molecular formula is C17H27N7O5. The molecule has 1 aromatic rings. The summed E-state index contributed by atoms with van der Waals surface area (Å²) in [6.07, 6.45) is -0.0533. The highest BCUT2D eigenvalue weighted by atomic mass is 16.6. The van der Waals surface area contributed by atoms with Gasteiger partial charge in [-0.1, -0.05) is 0 Å². The van der Waals surface area contributed by atoms with Crippen LogP contribution in [0.3, 0.4) is 0 Å². The number of guanidine groups is 1. The molecule has 0 aliphatic rings. The van der Waals surface area contributed by atoms with E-state index in [9.17, 15) is 19.7 Å². The first-order chi connectivity index (χ1) is 13.5. The van der Waals surface area contributed by atoms with Crippen LogP contribution in [0.15, 0.2) is 29.3 Å². The van der Waals surface area contributed by atoms with Crippen molar-refractivity contribution in [3.05, 3.63) is 34.4 Å². The molecule has 0 saturated heterocycles. The zero-order chi connectivity index (χ0) is 22.0. The number of alkyl carbamates (subject to hydrolysis) is 1. The summed E-state index contributed by atoms with van der Waals surface area (Å²) < 4.78 is 5.18. The van der Waals surface area contributed by atoms with E-state index >= 15 is 0 Å². The Morgan fingerprint density at radius 2 is 1.86 bits per heavy atom. The number of nitro groups is 1. The lowest BCUT2D eigenvalue weighted by molar-refractivity contribution is -0.384. The number of amides is 2. The van der Waals surface area contributed by atoms with Crippen LogP contribution in [0.5, 0.6) is 0 Å². The highest BCUT2D eigenvalue weighted by molar-refractivity contribution is 5.86. The molecule has 1 rings (SSSR count). The highest BCUT2D eigenvalue weighted by Gasteiger charge is 2.24. The molecule has 0 aromatic heterocycles. The van der Waals surface area contributed by atoms with E-state index in [4.69, 9.17) is 16.2 Å². The lowest BCUT2D eigenvalue weighted by Gasteiger charge is -2.23. The van der Waals surface area contributed by atoms with Crippen molar-refractivity contribution >= 4 is 29.3 Å². The number of carbonyl (C=O) groups excluding carboxylic acids is 2. The summed E-state index contributed by atoms with van der Waals surface area (Å²) in [6.45, 7) is 5.40. The quantitative estimate of drug-likeness (QED) is 0.131. The Balaban J connectivity index is 2.70. The van der Waals surface area contributed by atoms with E-state index in [0.717, 1.165) is 0 Å². The van der Waals surface area contributed by atoms with E-state index in [1.54, 1.807) is 20.8 Å². The first-order valence-electron chi connectivity index (χ1n) is 8.83. The maximum atomic E-state index is 12.5. The molecule has 12 heteroatoms. The topological polar surface area (TPSA) is 187 Å². The van der Waals surface area contributed by atoms with Crippen molar-refractivity contribution in [2.24, 2.45) is 16.5 Å².